The number of methoxy groups -OCH3 is 1. The van der Waals surface area contributed by atoms with Gasteiger partial charge in [-0.2, -0.15) is 0 Å². The van der Waals surface area contributed by atoms with Gasteiger partial charge in [0, 0.05) is 6.07 Å². The minimum absolute atomic E-state index is 0.123. The molecule has 25 heavy (non-hydrogen) atoms. The molecule has 0 aliphatic rings. The van der Waals surface area contributed by atoms with Crippen molar-refractivity contribution in [1.29, 1.82) is 0 Å². The molecule has 0 radical (unpaired) electrons. The van der Waals surface area contributed by atoms with Crippen molar-refractivity contribution in [3.8, 4) is 23.0 Å². The molecule has 0 aliphatic heterocycles. The number of hydrogen-bond acceptors (Lipinski definition) is 4. The van der Waals surface area contributed by atoms with Crippen molar-refractivity contribution in [2.75, 3.05) is 7.11 Å². The number of rotatable bonds is 5. The maximum absolute atomic E-state index is 13.4. The number of carboxylic acid groups (broad SMARTS) is 1. The SMILES string of the molecule is COc1cc(OC(F)(F)F)ccc1Oc1ccc(F)c(Cl)c1C(=O)O. The zero-order valence-electron chi connectivity index (χ0n) is 12.4. The summed E-state index contributed by atoms with van der Waals surface area (Å²) < 4.78 is 64.1. The number of benzene rings is 2. The van der Waals surface area contributed by atoms with Crippen LogP contribution >= 0.6 is 11.6 Å². The van der Waals surface area contributed by atoms with Gasteiger partial charge >= 0.3 is 12.3 Å². The third-order valence-corrected chi connectivity index (χ3v) is 3.23. The second kappa shape index (κ2) is 7.06. The smallest absolute Gasteiger partial charge is 0.493 e. The molecule has 0 spiro atoms. The van der Waals surface area contributed by atoms with Gasteiger partial charge in [0.25, 0.3) is 0 Å². The molecule has 0 amide bonds. The third kappa shape index (κ3) is 4.44. The summed E-state index contributed by atoms with van der Waals surface area (Å²) >= 11 is 5.62. The lowest BCUT2D eigenvalue weighted by Gasteiger charge is -2.15. The Kier molecular flexibility index (Phi) is 5.27. The minimum Gasteiger partial charge on any atom is -0.493 e. The molecule has 2 rings (SSSR count). The second-order valence-corrected chi connectivity index (χ2v) is 4.88. The van der Waals surface area contributed by atoms with Crippen LogP contribution in [0.15, 0.2) is 30.3 Å². The highest BCUT2D eigenvalue weighted by Crippen LogP contribution is 2.39. The predicted octanol–water partition coefficient (Wildman–Crippen LogP) is 4.88. The van der Waals surface area contributed by atoms with E-state index in [9.17, 15) is 22.4 Å². The number of alkyl halides is 3. The van der Waals surface area contributed by atoms with Crippen LogP contribution in [0.25, 0.3) is 0 Å². The quantitative estimate of drug-likeness (QED) is 0.749. The Bertz CT molecular complexity index is 807. The molecule has 0 fully saturated rings. The summed E-state index contributed by atoms with van der Waals surface area (Å²) in [6, 6.07) is 4.82. The molecule has 2 aromatic carbocycles. The van der Waals surface area contributed by atoms with Crippen LogP contribution in [-0.4, -0.2) is 24.5 Å². The number of ether oxygens (including phenoxy) is 3. The minimum atomic E-state index is -4.89. The summed E-state index contributed by atoms with van der Waals surface area (Å²) in [4.78, 5) is 11.2. The molecule has 10 heteroatoms. The molecule has 0 atom stereocenters. The lowest BCUT2D eigenvalue weighted by molar-refractivity contribution is -0.274. The van der Waals surface area contributed by atoms with E-state index in [0.717, 1.165) is 37.4 Å². The molecular weight excluding hydrogens is 372 g/mol. The largest absolute Gasteiger partial charge is 0.573 e. The molecule has 0 aliphatic carbocycles. The summed E-state index contributed by atoms with van der Waals surface area (Å²) in [5.74, 6) is -3.68. The average Bonchev–Trinajstić information content (AvgIpc) is 2.50. The molecule has 0 bridgehead atoms. The lowest BCUT2D eigenvalue weighted by Crippen LogP contribution is -2.17. The number of hydrogen-bond donors (Lipinski definition) is 1. The van der Waals surface area contributed by atoms with E-state index >= 15 is 0 Å². The van der Waals surface area contributed by atoms with Gasteiger partial charge in [-0.1, -0.05) is 11.6 Å². The van der Waals surface area contributed by atoms with Gasteiger partial charge in [0.15, 0.2) is 11.5 Å². The van der Waals surface area contributed by atoms with Crippen LogP contribution in [0.2, 0.25) is 5.02 Å². The Labute approximate surface area is 143 Å². The Morgan fingerprint density at radius 3 is 2.32 bits per heavy atom. The van der Waals surface area contributed by atoms with Gasteiger partial charge in [0.05, 0.1) is 12.1 Å². The first-order valence-corrected chi connectivity index (χ1v) is 6.83. The highest BCUT2D eigenvalue weighted by molar-refractivity contribution is 6.34. The van der Waals surface area contributed by atoms with E-state index in [-0.39, 0.29) is 17.2 Å². The summed E-state index contributed by atoms with van der Waals surface area (Å²) in [5, 5.41) is 8.47. The van der Waals surface area contributed by atoms with Gasteiger partial charge in [-0.3, -0.25) is 0 Å². The zero-order valence-corrected chi connectivity index (χ0v) is 13.1. The summed E-state index contributed by atoms with van der Waals surface area (Å²) in [7, 11) is 1.16. The first kappa shape index (κ1) is 18.7. The van der Waals surface area contributed by atoms with Gasteiger partial charge in [-0.15, -0.1) is 13.2 Å². The van der Waals surface area contributed by atoms with Gasteiger partial charge in [-0.25, -0.2) is 9.18 Å². The average molecular weight is 381 g/mol. The number of carboxylic acids is 1. The standard InChI is InChI=1S/C15H9ClF4O5/c1-23-11-6-7(25-15(18,19)20)2-4-9(11)24-10-5-3-8(17)13(16)12(10)14(21)22/h2-6H,1H3,(H,21,22). The fourth-order valence-corrected chi connectivity index (χ4v) is 2.10. The Morgan fingerprint density at radius 2 is 1.76 bits per heavy atom. The topological polar surface area (TPSA) is 65.0 Å². The zero-order chi connectivity index (χ0) is 18.8. The van der Waals surface area contributed by atoms with E-state index < -0.39 is 34.5 Å². The van der Waals surface area contributed by atoms with E-state index in [1.807, 2.05) is 0 Å². The van der Waals surface area contributed by atoms with Crippen molar-refractivity contribution in [3.63, 3.8) is 0 Å². The monoisotopic (exact) mass is 380 g/mol. The summed E-state index contributed by atoms with van der Waals surface area (Å²) in [6.45, 7) is 0. The Morgan fingerprint density at radius 1 is 1.12 bits per heavy atom. The van der Waals surface area contributed by atoms with Crippen molar-refractivity contribution in [3.05, 3.63) is 46.7 Å². The van der Waals surface area contributed by atoms with Crippen LogP contribution in [0.4, 0.5) is 17.6 Å². The molecule has 0 saturated carbocycles. The summed E-state index contributed by atoms with van der Waals surface area (Å²) in [6.07, 6.45) is -4.89. The van der Waals surface area contributed by atoms with Gasteiger partial charge < -0.3 is 19.3 Å². The molecule has 0 unspecified atom stereocenters. The fraction of sp³-hybridized carbons (Fsp3) is 0.133. The van der Waals surface area contributed by atoms with E-state index in [2.05, 4.69) is 4.74 Å². The third-order valence-electron chi connectivity index (χ3n) is 2.86. The number of carbonyl (C=O) groups is 1. The molecule has 1 N–H and O–H groups in total. The molecule has 5 nitrogen and oxygen atoms in total. The van der Waals surface area contributed by atoms with E-state index in [4.69, 9.17) is 26.2 Å². The molecule has 0 heterocycles. The molecule has 0 aromatic heterocycles. The van der Waals surface area contributed by atoms with Gasteiger partial charge in [0.2, 0.25) is 0 Å². The van der Waals surface area contributed by atoms with Crippen LogP contribution in [0, 0.1) is 5.82 Å². The van der Waals surface area contributed by atoms with Gasteiger partial charge in [0.1, 0.15) is 22.9 Å². The van der Waals surface area contributed by atoms with Gasteiger partial charge in [-0.05, 0) is 24.3 Å². The number of halogens is 5. The highest BCUT2D eigenvalue weighted by atomic mass is 35.5. The fourth-order valence-electron chi connectivity index (χ4n) is 1.87. The van der Waals surface area contributed by atoms with Crippen molar-refractivity contribution in [2.24, 2.45) is 0 Å². The van der Waals surface area contributed by atoms with Crippen LogP contribution in [0.3, 0.4) is 0 Å². The van der Waals surface area contributed by atoms with Crippen LogP contribution in [0.1, 0.15) is 10.4 Å². The van der Waals surface area contributed by atoms with Crippen molar-refractivity contribution in [1.82, 2.24) is 0 Å². The normalized spacial score (nSPS) is 11.1. The lowest BCUT2D eigenvalue weighted by atomic mass is 10.2. The molecule has 2 aromatic rings. The first-order chi connectivity index (χ1) is 11.6. The highest BCUT2D eigenvalue weighted by Gasteiger charge is 2.31. The number of aromatic carboxylic acids is 1. The maximum atomic E-state index is 13.4. The van der Waals surface area contributed by atoms with Crippen molar-refractivity contribution < 1.29 is 41.7 Å². The summed E-state index contributed by atoms with van der Waals surface area (Å²) in [5.41, 5.74) is -0.640. The maximum Gasteiger partial charge on any atom is 0.573 e. The Hall–Kier alpha value is -2.68. The second-order valence-electron chi connectivity index (χ2n) is 4.50. The van der Waals surface area contributed by atoms with E-state index in [1.165, 1.54) is 0 Å². The Balaban J connectivity index is 2.41. The van der Waals surface area contributed by atoms with Crippen molar-refractivity contribution >= 4 is 17.6 Å². The molecule has 0 saturated heterocycles. The van der Waals surface area contributed by atoms with Crippen LogP contribution < -0.4 is 14.2 Å². The van der Waals surface area contributed by atoms with Crippen molar-refractivity contribution in [2.45, 2.75) is 6.36 Å². The predicted molar refractivity (Wildman–Crippen MR) is 78.1 cm³/mol. The molecule has 134 valence electrons. The van der Waals surface area contributed by atoms with E-state index in [1.54, 1.807) is 0 Å². The first-order valence-electron chi connectivity index (χ1n) is 6.45. The van der Waals surface area contributed by atoms with E-state index in [0.29, 0.717) is 0 Å². The van der Waals surface area contributed by atoms with Crippen LogP contribution in [0.5, 0.6) is 23.0 Å². The molecular formula is C15H9ClF4O5. The van der Waals surface area contributed by atoms with Crippen LogP contribution in [-0.2, 0) is 0 Å².